The highest BCUT2D eigenvalue weighted by Gasteiger charge is 2.37. The van der Waals surface area contributed by atoms with Crippen molar-refractivity contribution in [1.82, 2.24) is 9.78 Å². The summed E-state index contributed by atoms with van der Waals surface area (Å²) in [5.74, 6) is -0.741. The molecular weight excluding hydrogens is 310 g/mol. The first kappa shape index (κ1) is 16.6. The Hall–Kier alpha value is -2.22. The molecule has 2 aromatic rings. The Morgan fingerprint density at radius 3 is 2.75 bits per heavy atom. The van der Waals surface area contributed by atoms with Gasteiger partial charge in [-0.2, -0.15) is 5.10 Å². The van der Waals surface area contributed by atoms with E-state index < -0.39 is 23.6 Å². The number of hydrogen-bond donors (Lipinski definition) is 2. The van der Waals surface area contributed by atoms with Gasteiger partial charge < -0.3 is 20.3 Å². The molecule has 0 saturated carbocycles. The Kier molecular flexibility index (Phi) is 4.40. The van der Waals surface area contributed by atoms with Gasteiger partial charge in [-0.3, -0.25) is 4.79 Å². The van der Waals surface area contributed by atoms with Gasteiger partial charge in [0.25, 0.3) is 5.56 Å². The van der Waals surface area contributed by atoms with E-state index in [4.69, 9.17) is 15.2 Å². The zero-order valence-corrected chi connectivity index (χ0v) is 13.7. The molecule has 128 valence electrons. The lowest BCUT2D eigenvalue weighted by Gasteiger charge is -2.21. The van der Waals surface area contributed by atoms with Gasteiger partial charge in [-0.1, -0.05) is 30.3 Å². The minimum atomic E-state index is -0.928. The fraction of sp³-hybridized carbons (Fsp3) is 0.412. The fourth-order valence-corrected chi connectivity index (χ4v) is 2.64. The van der Waals surface area contributed by atoms with Gasteiger partial charge in [0.2, 0.25) is 0 Å². The van der Waals surface area contributed by atoms with E-state index in [9.17, 15) is 9.90 Å². The molecule has 24 heavy (non-hydrogen) atoms. The minimum absolute atomic E-state index is 0.0200. The predicted octanol–water partition coefficient (Wildman–Crippen LogP) is 1.00. The molecule has 1 aromatic heterocycles. The van der Waals surface area contributed by atoms with Gasteiger partial charge in [-0.25, -0.2) is 4.68 Å². The third-order valence-electron chi connectivity index (χ3n) is 3.89. The zero-order chi connectivity index (χ0) is 17.3. The van der Waals surface area contributed by atoms with Crippen molar-refractivity contribution in [3.63, 3.8) is 0 Å². The smallest absolute Gasteiger partial charge is 0.289 e. The highest BCUT2D eigenvalue weighted by molar-refractivity contribution is 5.61. The second-order valence-electron chi connectivity index (χ2n) is 6.27. The molecule has 1 saturated heterocycles. The molecule has 3 N–H and O–H groups in total. The third kappa shape index (κ3) is 3.48. The Labute approximate surface area is 139 Å². The summed E-state index contributed by atoms with van der Waals surface area (Å²) < 4.78 is 12.2. The SMILES string of the molecule is CC1(C)OC[C@H]([C@@H](O)Cn2nc(-c3ccccc3)cc(N)c2=O)O1. The lowest BCUT2D eigenvalue weighted by molar-refractivity contribution is -0.152. The number of aliphatic hydroxyl groups is 1. The van der Waals surface area contributed by atoms with Crippen LogP contribution >= 0.6 is 0 Å². The number of rotatable bonds is 4. The van der Waals surface area contributed by atoms with Crippen molar-refractivity contribution in [2.75, 3.05) is 12.3 Å². The largest absolute Gasteiger partial charge is 0.394 e. The van der Waals surface area contributed by atoms with E-state index in [1.54, 1.807) is 19.9 Å². The van der Waals surface area contributed by atoms with Crippen LogP contribution < -0.4 is 11.3 Å². The second-order valence-corrected chi connectivity index (χ2v) is 6.27. The van der Waals surface area contributed by atoms with Gasteiger partial charge in [0.05, 0.1) is 18.8 Å². The van der Waals surface area contributed by atoms with Gasteiger partial charge in [0, 0.05) is 5.56 Å². The van der Waals surface area contributed by atoms with Crippen LogP contribution in [0.3, 0.4) is 0 Å². The second kappa shape index (κ2) is 6.35. The third-order valence-corrected chi connectivity index (χ3v) is 3.89. The van der Waals surface area contributed by atoms with Gasteiger partial charge >= 0.3 is 0 Å². The van der Waals surface area contributed by atoms with E-state index in [1.807, 2.05) is 30.3 Å². The van der Waals surface area contributed by atoms with Gasteiger partial charge in [0.15, 0.2) is 5.79 Å². The summed E-state index contributed by atoms with van der Waals surface area (Å²) in [5, 5.41) is 14.7. The molecule has 0 radical (unpaired) electrons. The minimum Gasteiger partial charge on any atom is -0.394 e. The van der Waals surface area contributed by atoms with E-state index in [2.05, 4.69) is 5.10 Å². The lowest BCUT2D eigenvalue weighted by Crippen LogP contribution is -2.38. The number of anilines is 1. The average Bonchev–Trinajstić information content (AvgIpc) is 2.92. The van der Waals surface area contributed by atoms with Crippen LogP contribution in [0.5, 0.6) is 0 Å². The van der Waals surface area contributed by atoms with Crippen molar-refractivity contribution in [2.24, 2.45) is 0 Å². The van der Waals surface area contributed by atoms with E-state index in [1.165, 1.54) is 4.68 Å². The summed E-state index contributed by atoms with van der Waals surface area (Å²) in [7, 11) is 0. The standard InChI is InChI=1S/C17H21N3O4/c1-17(2)23-10-15(24-17)14(21)9-20-16(22)12(18)8-13(19-20)11-6-4-3-5-7-11/h3-8,14-15,21H,9-10,18H2,1-2H3/t14-,15+/m0/s1. The number of nitrogens with two attached hydrogens (primary N) is 1. The molecule has 7 nitrogen and oxygen atoms in total. The van der Waals surface area contributed by atoms with Crippen LogP contribution in [0, 0.1) is 0 Å². The van der Waals surface area contributed by atoms with Crippen LogP contribution in [0.1, 0.15) is 13.8 Å². The molecule has 0 bridgehead atoms. The van der Waals surface area contributed by atoms with Crippen LogP contribution in [0.25, 0.3) is 11.3 Å². The predicted molar refractivity (Wildman–Crippen MR) is 89.3 cm³/mol. The first-order valence-corrected chi connectivity index (χ1v) is 7.78. The van der Waals surface area contributed by atoms with Crippen molar-refractivity contribution in [2.45, 2.75) is 38.4 Å². The summed E-state index contributed by atoms with van der Waals surface area (Å²) in [6, 6.07) is 10.9. The van der Waals surface area contributed by atoms with Crippen LogP contribution in [-0.4, -0.2) is 39.5 Å². The quantitative estimate of drug-likeness (QED) is 0.867. The maximum absolute atomic E-state index is 12.2. The molecule has 7 heteroatoms. The molecule has 1 aliphatic rings. The number of aliphatic hydroxyl groups excluding tert-OH is 1. The normalized spacial score (nSPS) is 20.9. The molecule has 0 unspecified atom stereocenters. The van der Waals surface area contributed by atoms with Gasteiger partial charge in [0.1, 0.15) is 17.9 Å². The molecule has 0 spiro atoms. The Bertz CT molecular complexity index is 773. The van der Waals surface area contributed by atoms with Gasteiger partial charge in [-0.15, -0.1) is 0 Å². The van der Waals surface area contributed by atoms with Crippen molar-refractivity contribution in [3.05, 3.63) is 46.8 Å². The Balaban J connectivity index is 1.85. The topological polar surface area (TPSA) is 99.6 Å². The Morgan fingerprint density at radius 2 is 2.12 bits per heavy atom. The first-order chi connectivity index (χ1) is 11.4. The molecule has 2 atom stereocenters. The summed E-state index contributed by atoms with van der Waals surface area (Å²) in [6.07, 6.45) is -1.45. The van der Waals surface area contributed by atoms with E-state index in [0.29, 0.717) is 5.69 Å². The number of ether oxygens (including phenoxy) is 2. The maximum Gasteiger partial charge on any atom is 0.289 e. The number of benzene rings is 1. The molecule has 0 amide bonds. The number of nitrogen functional groups attached to an aromatic ring is 1. The fourth-order valence-electron chi connectivity index (χ4n) is 2.64. The molecule has 3 rings (SSSR count). The average molecular weight is 331 g/mol. The first-order valence-electron chi connectivity index (χ1n) is 7.78. The molecule has 1 fully saturated rings. The Morgan fingerprint density at radius 1 is 1.42 bits per heavy atom. The molecule has 2 heterocycles. The van der Waals surface area contributed by atoms with Crippen molar-refractivity contribution in [1.29, 1.82) is 0 Å². The van der Waals surface area contributed by atoms with E-state index in [-0.39, 0.29) is 18.8 Å². The van der Waals surface area contributed by atoms with Crippen molar-refractivity contribution >= 4 is 5.69 Å². The summed E-state index contributed by atoms with van der Waals surface area (Å²) in [5.41, 5.74) is 6.88. The van der Waals surface area contributed by atoms with E-state index >= 15 is 0 Å². The van der Waals surface area contributed by atoms with E-state index in [0.717, 1.165) is 5.56 Å². The summed E-state index contributed by atoms with van der Waals surface area (Å²) in [4.78, 5) is 12.2. The monoisotopic (exact) mass is 331 g/mol. The van der Waals surface area contributed by atoms with Crippen LogP contribution in [-0.2, 0) is 16.0 Å². The number of aromatic nitrogens is 2. The maximum atomic E-state index is 12.2. The van der Waals surface area contributed by atoms with Gasteiger partial charge in [-0.05, 0) is 19.9 Å². The lowest BCUT2D eigenvalue weighted by atomic mass is 10.1. The number of hydrogen-bond acceptors (Lipinski definition) is 6. The van der Waals surface area contributed by atoms with Crippen molar-refractivity contribution < 1.29 is 14.6 Å². The van der Waals surface area contributed by atoms with Crippen LogP contribution in [0.4, 0.5) is 5.69 Å². The highest BCUT2D eigenvalue weighted by Crippen LogP contribution is 2.24. The summed E-state index contributed by atoms with van der Waals surface area (Å²) in [6.45, 7) is 3.79. The van der Waals surface area contributed by atoms with Crippen LogP contribution in [0.2, 0.25) is 0 Å². The van der Waals surface area contributed by atoms with Crippen LogP contribution in [0.15, 0.2) is 41.2 Å². The molecule has 1 aromatic carbocycles. The zero-order valence-electron chi connectivity index (χ0n) is 13.7. The summed E-state index contributed by atoms with van der Waals surface area (Å²) >= 11 is 0. The molecule has 1 aliphatic heterocycles. The van der Waals surface area contributed by atoms with Crippen molar-refractivity contribution in [3.8, 4) is 11.3 Å². The highest BCUT2D eigenvalue weighted by atomic mass is 16.7. The molecular formula is C17H21N3O4. The molecule has 0 aliphatic carbocycles. The number of nitrogens with zero attached hydrogens (tertiary/aromatic N) is 2.